The Morgan fingerprint density at radius 3 is 2.62 bits per heavy atom. The van der Waals surface area contributed by atoms with Gasteiger partial charge in [-0.1, -0.05) is 23.7 Å². The normalized spacial score (nSPS) is 13.7. The van der Waals surface area contributed by atoms with Crippen LogP contribution in [0.25, 0.3) is 17.0 Å². The van der Waals surface area contributed by atoms with E-state index >= 15 is 0 Å². The van der Waals surface area contributed by atoms with Gasteiger partial charge in [-0.15, -0.1) is 0 Å². The summed E-state index contributed by atoms with van der Waals surface area (Å²) in [5.74, 6) is 1.29. The summed E-state index contributed by atoms with van der Waals surface area (Å²) < 4.78 is 10.4. The minimum atomic E-state index is -0.109. The molecule has 8 heteroatoms. The molecule has 0 radical (unpaired) electrons. The van der Waals surface area contributed by atoms with E-state index in [1.807, 2.05) is 12.2 Å². The zero-order valence-electron chi connectivity index (χ0n) is 14.3. The third-order valence-electron chi connectivity index (χ3n) is 3.68. The lowest BCUT2D eigenvalue weighted by atomic mass is 10.1. The standard InChI is InChI=1S/C18H17ClN4O3/c1-25-15-5-3-4-12(9-20-15)16-21-17(23-18(22-16)26-2)13-8-11(10-24)6-7-14(13)19/h4-9,24H,3,10H2,1-2H3. The van der Waals surface area contributed by atoms with Gasteiger partial charge in [-0.05, 0) is 30.2 Å². The number of hydrogen-bond acceptors (Lipinski definition) is 7. The Kier molecular flexibility index (Phi) is 5.60. The summed E-state index contributed by atoms with van der Waals surface area (Å²) >= 11 is 6.30. The number of benzene rings is 1. The lowest BCUT2D eigenvalue weighted by Gasteiger charge is -2.09. The summed E-state index contributed by atoms with van der Waals surface area (Å²) in [5, 5.41) is 9.84. The Morgan fingerprint density at radius 2 is 1.88 bits per heavy atom. The second kappa shape index (κ2) is 8.07. The fraction of sp³-hybridized carbons (Fsp3) is 0.222. The van der Waals surface area contributed by atoms with E-state index < -0.39 is 0 Å². The van der Waals surface area contributed by atoms with Crippen LogP contribution in [-0.2, 0) is 11.3 Å². The van der Waals surface area contributed by atoms with Crippen LogP contribution in [0, 0.1) is 0 Å². The third kappa shape index (κ3) is 3.89. The number of ether oxygens (including phenoxy) is 2. The van der Waals surface area contributed by atoms with Crippen molar-refractivity contribution in [2.75, 3.05) is 14.2 Å². The van der Waals surface area contributed by atoms with Gasteiger partial charge in [-0.2, -0.15) is 9.97 Å². The molecular weight excluding hydrogens is 356 g/mol. The van der Waals surface area contributed by atoms with Gasteiger partial charge in [0.05, 0.1) is 25.8 Å². The van der Waals surface area contributed by atoms with Crippen LogP contribution in [0.3, 0.4) is 0 Å². The predicted molar refractivity (Wildman–Crippen MR) is 98.9 cm³/mol. The largest absolute Gasteiger partial charge is 0.481 e. The summed E-state index contributed by atoms with van der Waals surface area (Å²) in [6.45, 7) is -0.109. The summed E-state index contributed by atoms with van der Waals surface area (Å²) in [7, 11) is 3.04. The van der Waals surface area contributed by atoms with Crippen LogP contribution in [-0.4, -0.2) is 40.5 Å². The fourth-order valence-corrected chi connectivity index (χ4v) is 2.55. The van der Waals surface area contributed by atoms with Gasteiger partial charge in [0.25, 0.3) is 0 Å². The summed E-state index contributed by atoms with van der Waals surface area (Å²) in [5.41, 5.74) is 2.00. The van der Waals surface area contributed by atoms with Crippen molar-refractivity contribution in [1.82, 2.24) is 15.0 Å². The van der Waals surface area contributed by atoms with E-state index in [4.69, 9.17) is 21.1 Å². The zero-order chi connectivity index (χ0) is 18.5. The Hall–Kier alpha value is -2.77. The van der Waals surface area contributed by atoms with Gasteiger partial charge in [0.1, 0.15) is 0 Å². The Morgan fingerprint density at radius 1 is 1.08 bits per heavy atom. The fourth-order valence-electron chi connectivity index (χ4n) is 2.35. The molecule has 2 heterocycles. The predicted octanol–water partition coefficient (Wildman–Crippen LogP) is 3.04. The first-order valence-electron chi connectivity index (χ1n) is 7.83. The lowest BCUT2D eigenvalue weighted by molar-refractivity contribution is 0.282. The van der Waals surface area contributed by atoms with Crippen molar-refractivity contribution < 1.29 is 14.6 Å². The SMILES string of the molecule is COC1=CCC=C(c2nc(OC)nc(-c3cc(CO)ccc3Cl)n2)C=N1. The van der Waals surface area contributed by atoms with Crippen LogP contribution < -0.4 is 4.74 Å². The maximum Gasteiger partial charge on any atom is 0.320 e. The smallest absolute Gasteiger partial charge is 0.320 e. The number of aliphatic hydroxyl groups excluding tert-OH is 1. The average molecular weight is 373 g/mol. The molecule has 0 saturated carbocycles. The van der Waals surface area contributed by atoms with E-state index in [9.17, 15) is 5.11 Å². The molecule has 0 bridgehead atoms. The highest BCUT2D eigenvalue weighted by Gasteiger charge is 2.15. The van der Waals surface area contributed by atoms with E-state index in [2.05, 4.69) is 19.9 Å². The van der Waals surface area contributed by atoms with Crippen LogP contribution in [0.15, 0.2) is 41.2 Å². The third-order valence-corrected chi connectivity index (χ3v) is 4.01. The number of aliphatic hydroxyl groups is 1. The quantitative estimate of drug-likeness (QED) is 0.867. The lowest BCUT2D eigenvalue weighted by Crippen LogP contribution is -2.04. The Balaban J connectivity index is 2.07. The molecule has 0 fully saturated rings. The van der Waals surface area contributed by atoms with Crippen LogP contribution >= 0.6 is 11.6 Å². The first-order chi connectivity index (χ1) is 12.6. The molecule has 0 atom stereocenters. The summed E-state index contributed by atoms with van der Waals surface area (Å²) in [6.07, 6.45) is 6.04. The van der Waals surface area contributed by atoms with Crippen LogP contribution in [0.2, 0.25) is 5.02 Å². The molecule has 0 saturated heterocycles. The molecule has 0 amide bonds. The first kappa shape index (κ1) is 18.0. The molecule has 1 aromatic heterocycles. The maximum atomic E-state index is 9.37. The van der Waals surface area contributed by atoms with E-state index in [1.54, 1.807) is 31.5 Å². The monoisotopic (exact) mass is 372 g/mol. The van der Waals surface area contributed by atoms with Gasteiger partial charge in [-0.3, -0.25) is 0 Å². The minimum absolute atomic E-state index is 0.109. The second-order valence-corrected chi connectivity index (χ2v) is 5.75. The van der Waals surface area contributed by atoms with Gasteiger partial charge >= 0.3 is 6.01 Å². The molecule has 0 spiro atoms. The molecule has 3 rings (SSSR count). The molecular formula is C18H17ClN4O3. The molecule has 7 nitrogen and oxygen atoms in total. The van der Waals surface area contributed by atoms with Crippen molar-refractivity contribution in [3.8, 4) is 17.4 Å². The van der Waals surface area contributed by atoms with Gasteiger partial charge < -0.3 is 14.6 Å². The molecule has 134 valence electrons. The Bertz CT molecular complexity index is 909. The van der Waals surface area contributed by atoms with Gasteiger partial charge in [0.15, 0.2) is 11.6 Å². The summed E-state index contributed by atoms with van der Waals surface area (Å²) in [6, 6.07) is 5.33. The number of halogens is 1. The van der Waals surface area contributed by atoms with E-state index in [-0.39, 0.29) is 12.6 Å². The number of aromatic nitrogens is 3. The molecule has 1 aromatic carbocycles. The van der Waals surface area contributed by atoms with E-state index in [0.717, 1.165) is 0 Å². The van der Waals surface area contributed by atoms with Crippen molar-refractivity contribution in [1.29, 1.82) is 0 Å². The van der Waals surface area contributed by atoms with E-state index in [1.165, 1.54) is 7.11 Å². The van der Waals surface area contributed by atoms with Gasteiger partial charge in [0, 0.05) is 17.4 Å². The van der Waals surface area contributed by atoms with Crippen LogP contribution in [0.5, 0.6) is 6.01 Å². The second-order valence-electron chi connectivity index (χ2n) is 5.34. The number of nitrogens with zero attached hydrogens (tertiary/aromatic N) is 4. The zero-order valence-corrected chi connectivity index (χ0v) is 15.1. The van der Waals surface area contributed by atoms with Crippen molar-refractivity contribution in [3.05, 3.63) is 52.6 Å². The molecule has 1 aliphatic heterocycles. The minimum Gasteiger partial charge on any atom is -0.481 e. The van der Waals surface area contributed by atoms with Gasteiger partial charge in [-0.25, -0.2) is 9.98 Å². The highest BCUT2D eigenvalue weighted by atomic mass is 35.5. The summed E-state index contributed by atoms with van der Waals surface area (Å²) in [4.78, 5) is 17.4. The van der Waals surface area contributed by atoms with Crippen molar-refractivity contribution in [2.45, 2.75) is 13.0 Å². The Labute approximate surface area is 155 Å². The highest BCUT2D eigenvalue weighted by molar-refractivity contribution is 6.33. The molecule has 26 heavy (non-hydrogen) atoms. The number of aliphatic imine (C=N–C) groups is 1. The van der Waals surface area contributed by atoms with Crippen molar-refractivity contribution >= 4 is 23.4 Å². The molecule has 1 aliphatic rings. The molecule has 0 unspecified atom stereocenters. The van der Waals surface area contributed by atoms with Crippen molar-refractivity contribution in [3.63, 3.8) is 0 Å². The molecule has 0 aliphatic carbocycles. The number of rotatable bonds is 5. The topological polar surface area (TPSA) is 89.7 Å². The number of methoxy groups -OCH3 is 2. The molecule has 2 aromatic rings. The number of hydrogen-bond donors (Lipinski definition) is 1. The van der Waals surface area contributed by atoms with E-state index in [0.29, 0.717) is 45.7 Å². The number of allylic oxidation sites excluding steroid dienone is 3. The van der Waals surface area contributed by atoms with Crippen molar-refractivity contribution in [2.24, 2.45) is 4.99 Å². The van der Waals surface area contributed by atoms with Crippen LogP contribution in [0.4, 0.5) is 0 Å². The first-order valence-corrected chi connectivity index (χ1v) is 8.21. The van der Waals surface area contributed by atoms with Gasteiger partial charge in [0.2, 0.25) is 5.88 Å². The maximum absolute atomic E-state index is 9.37. The highest BCUT2D eigenvalue weighted by Crippen LogP contribution is 2.28. The molecule has 1 N–H and O–H groups in total. The van der Waals surface area contributed by atoms with Crippen LogP contribution in [0.1, 0.15) is 17.8 Å². The average Bonchev–Trinajstić information content (AvgIpc) is 2.93.